The molecule has 4 aromatic carbocycles. The van der Waals surface area contributed by atoms with Gasteiger partial charge in [0, 0.05) is 41.3 Å². The first kappa shape index (κ1) is 25.9. The highest BCUT2D eigenvalue weighted by Crippen LogP contribution is 2.33. The Morgan fingerprint density at radius 1 is 0.821 bits per heavy atom. The van der Waals surface area contributed by atoms with Crippen molar-refractivity contribution in [3.05, 3.63) is 125 Å². The monoisotopic (exact) mass is 516 g/mol. The maximum absolute atomic E-state index is 13.4. The van der Waals surface area contributed by atoms with Crippen molar-refractivity contribution in [3.8, 4) is 5.88 Å². The van der Waals surface area contributed by atoms with E-state index in [0.717, 1.165) is 40.8 Å². The van der Waals surface area contributed by atoms with Crippen LogP contribution in [0.1, 0.15) is 27.0 Å². The van der Waals surface area contributed by atoms with Gasteiger partial charge in [-0.05, 0) is 68.5 Å². The van der Waals surface area contributed by atoms with Crippen LogP contribution in [0.3, 0.4) is 0 Å². The summed E-state index contributed by atoms with van der Waals surface area (Å²) in [6.45, 7) is 0.974. The van der Waals surface area contributed by atoms with Crippen LogP contribution in [0.2, 0.25) is 0 Å². The fourth-order valence-corrected chi connectivity index (χ4v) is 4.59. The molecule has 5 aromatic rings. The maximum Gasteiger partial charge on any atom is 0.258 e. The van der Waals surface area contributed by atoms with Gasteiger partial charge in [-0.25, -0.2) is 4.99 Å². The molecule has 1 aromatic heterocycles. The van der Waals surface area contributed by atoms with Crippen molar-refractivity contribution >= 4 is 33.9 Å². The van der Waals surface area contributed by atoms with E-state index in [1.807, 2.05) is 84.9 Å². The lowest BCUT2D eigenvalue weighted by atomic mass is 9.99. The molecule has 6 heteroatoms. The molecule has 5 rings (SSSR count). The predicted octanol–water partition coefficient (Wildman–Crippen LogP) is 6.42. The minimum absolute atomic E-state index is 0.0104. The molecule has 0 saturated heterocycles. The zero-order valence-electron chi connectivity index (χ0n) is 22.4. The highest BCUT2D eigenvalue weighted by atomic mass is 16.3. The van der Waals surface area contributed by atoms with Crippen molar-refractivity contribution in [1.29, 1.82) is 0 Å². The highest BCUT2D eigenvalue weighted by molar-refractivity contribution is 6.22. The number of carbonyl (C=O) groups is 1. The van der Waals surface area contributed by atoms with Crippen molar-refractivity contribution in [2.24, 2.45) is 4.99 Å². The van der Waals surface area contributed by atoms with E-state index in [4.69, 9.17) is 4.99 Å². The van der Waals surface area contributed by atoms with Gasteiger partial charge in [-0.3, -0.25) is 4.79 Å². The molecule has 0 bridgehead atoms. The van der Waals surface area contributed by atoms with Crippen LogP contribution in [-0.2, 0) is 6.42 Å². The van der Waals surface area contributed by atoms with Crippen LogP contribution in [0.4, 0.5) is 11.4 Å². The minimum Gasteiger partial charge on any atom is -0.494 e. The zero-order valence-corrected chi connectivity index (χ0v) is 22.4. The fourth-order valence-electron chi connectivity index (χ4n) is 4.59. The Morgan fingerprint density at radius 2 is 1.49 bits per heavy atom. The number of fused-ring (bicyclic) bond motifs is 1. The average Bonchev–Trinajstić information content (AvgIpc) is 3.30. The summed E-state index contributed by atoms with van der Waals surface area (Å²) in [6, 6.07) is 32.9. The standard InChI is InChI=1S/C33H32N4O2/c1-36(2)21-20-23-14-17-26(18-15-23)34-31(24-10-6-4-7-11-24)30-28-22-25(16-19-29(28)35-32(30)38)33(39)37(3)27-12-8-5-9-13-27/h4-19,22,35,38H,20-21H2,1-3H3. The van der Waals surface area contributed by atoms with E-state index in [1.54, 1.807) is 18.0 Å². The molecule has 39 heavy (non-hydrogen) atoms. The smallest absolute Gasteiger partial charge is 0.258 e. The third kappa shape index (κ3) is 5.76. The van der Waals surface area contributed by atoms with Crippen LogP contribution in [0.15, 0.2) is 108 Å². The van der Waals surface area contributed by atoms with Gasteiger partial charge in [-0.2, -0.15) is 0 Å². The predicted molar refractivity (Wildman–Crippen MR) is 160 cm³/mol. The Labute approximate surface area is 228 Å². The summed E-state index contributed by atoms with van der Waals surface area (Å²) in [6.07, 6.45) is 0.958. The highest BCUT2D eigenvalue weighted by Gasteiger charge is 2.21. The number of amides is 1. The molecule has 0 radical (unpaired) electrons. The van der Waals surface area contributed by atoms with E-state index in [9.17, 15) is 9.90 Å². The first-order chi connectivity index (χ1) is 18.9. The normalized spacial score (nSPS) is 11.7. The fraction of sp³-hybridized carbons (Fsp3) is 0.152. The quantitative estimate of drug-likeness (QED) is 0.234. The average molecular weight is 517 g/mol. The number of aliphatic imine (C=N–C) groups is 1. The van der Waals surface area contributed by atoms with Crippen molar-refractivity contribution < 1.29 is 9.90 Å². The SMILES string of the molecule is CN(C)CCc1ccc(N=C(c2ccccc2)c2c(O)[nH]c3ccc(C(=O)N(C)c4ccccc4)cc23)cc1. The number of aromatic hydroxyl groups is 1. The van der Waals surface area contributed by atoms with Crippen LogP contribution in [0, 0.1) is 0 Å². The van der Waals surface area contributed by atoms with Crippen LogP contribution < -0.4 is 4.90 Å². The first-order valence-corrected chi connectivity index (χ1v) is 13.0. The first-order valence-electron chi connectivity index (χ1n) is 13.0. The van der Waals surface area contributed by atoms with Gasteiger partial charge < -0.3 is 19.9 Å². The Bertz CT molecular complexity index is 1600. The van der Waals surface area contributed by atoms with Gasteiger partial charge >= 0.3 is 0 Å². The van der Waals surface area contributed by atoms with Crippen molar-refractivity contribution in [2.45, 2.75) is 6.42 Å². The molecule has 0 aliphatic carbocycles. The molecular formula is C33H32N4O2. The number of hydrogen-bond donors (Lipinski definition) is 2. The Kier molecular flexibility index (Phi) is 7.57. The number of carbonyl (C=O) groups excluding carboxylic acids is 1. The van der Waals surface area contributed by atoms with Gasteiger partial charge in [0.05, 0.1) is 17.0 Å². The lowest BCUT2D eigenvalue weighted by Gasteiger charge is -2.17. The van der Waals surface area contributed by atoms with Gasteiger partial charge in [0.15, 0.2) is 5.88 Å². The number of aromatic nitrogens is 1. The molecule has 1 amide bonds. The van der Waals surface area contributed by atoms with Crippen molar-refractivity contribution in [1.82, 2.24) is 9.88 Å². The number of anilines is 1. The molecule has 196 valence electrons. The number of benzene rings is 4. The summed E-state index contributed by atoms with van der Waals surface area (Å²) >= 11 is 0. The van der Waals surface area contributed by atoms with Crippen LogP contribution in [-0.4, -0.2) is 54.3 Å². The van der Waals surface area contributed by atoms with Crippen LogP contribution >= 0.6 is 0 Å². The van der Waals surface area contributed by atoms with E-state index in [2.05, 4.69) is 36.1 Å². The van der Waals surface area contributed by atoms with E-state index < -0.39 is 0 Å². The summed E-state index contributed by atoms with van der Waals surface area (Å²) in [5.41, 5.74) is 6.13. The zero-order chi connectivity index (χ0) is 27.4. The Balaban J connectivity index is 1.58. The number of likely N-dealkylation sites (N-methyl/N-ethyl adjacent to an activating group) is 1. The number of rotatable bonds is 8. The molecule has 1 heterocycles. The number of para-hydroxylation sites is 1. The second-order valence-corrected chi connectivity index (χ2v) is 9.85. The summed E-state index contributed by atoms with van der Waals surface area (Å²) in [5, 5.41) is 11.8. The van der Waals surface area contributed by atoms with Gasteiger partial charge in [0.1, 0.15) is 0 Å². The van der Waals surface area contributed by atoms with Crippen LogP contribution in [0.5, 0.6) is 5.88 Å². The summed E-state index contributed by atoms with van der Waals surface area (Å²) in [4.78, 5) is 25.2. The Morgan fingerprint density at radius 3 is 2.15 bits per heavy atom. The third-order valence-electron chi connectivity index (χ3n) is 6.78. The molecule has 0 unspecified atom stereocenters. The number of H-pyrrole nitrogens is 1. The minimum atomic E-state index is -0.138. The summed E-state index contributed by atoms with van der Waals surface area (Å²) < 4.78 is 0. The summed E-state index contributed by atoms with van der Waals surface area (Å²) in [7, 11) is 5.89. The number of nitrogens with one attached hydrogen (secondary N) is 1. The van der Waals surface area contributed by atoms with Gasteiger partial charge in [-0.1, -0.05) is 60.7 Å². The second kappa shape index (κ2) is 11.4. The maximum atomic E-state index is 13.4. The molecular weight excluding hydrogens is 484 g/mol. The molecule has 0 aliphatic heterocycles. The number of aromatic amines is 1. The molecule has 0 spiro atoms. The number of nitrogens with zero attached hydrogens (tertiary/aromatic N) is 3. The molecule has 0 aliphatic rings. The third-order valence-corrected chi connectivity index (χ3v) is 6.78. The second-order valence-electron chi connectivity index (χ2n) is 9.85. The van der Waals surface area contributed by atoms with E-state index >= 15 is 0 Å². The van der Waals surface area contributed by atoms with E-state index in [1.165, 1.54) is 5.56 Å². The van der Waals surface area contributed by atoms with Crippen molar-refractivity contribution in [2.75, 3.05) is 32.6 Å². The Hall–Kier alpha value is -4.68. The molecule has 2 N–H and O–H groups in total. The largest absolute Gasteiger partial charge is 0.494 e. The topological polar surface area (TPSA) is 71.9 Å². The molecule has 0 atom stereocenters. The van der Waals surface area contributed by atoms with E-state index in [-0.39, 0.29) is 11.8 Å². The van der Waals surface area contributed by atoms with Gasteiger partial charge in [-0.15, -0.1) is 0 Å². The van der Waals surface area contributed by atoms with Crippen molar-refractivity contribution in [3.63, 3.8) is 0 Å². The summed E-state index contributed by atoms with van der Waals surface area (Å²) in [5.74, 6) is -0.127. The van der Waals surface area contributed by atoms with Gasteiger partial charge in [0.25, 0.3) is 5.91 Å². The molecule has 0 fully saturated rings. The van der Waals surface area contributed by atoms with Gasteiger partial charge in [0.2, 0.25) is 0 Å². The molecule has 0 saturated carbocycles. The van der Waals surface area contributed by atoms with E-state index in [0.29, 0.717) is 16.8 Å². The lowest BCUT2D eigenvalue weighted by Crippen LogP contribution is -2.26. The lowest BCUT2D eigenvalue weighted by molar-refractivity contribution is 0.0993. The number of hydrogen-bond acceptors (Lipinski definition) is 4. The van der Waals surface area contributed by atoms with Crippen LogP contribution in [0.25, 0.3) is 10.9 Å². The molecule has 6 nitrogen and oxygen atoms in total.